The normalized spacial score (nSPS) is 26.3. The molecule has 1 aliphatic rings. The van der Waals surface area contributed by atoms with E-state index in [-0.39, 0.29) is 0 Å². The van der Waals surface area contributed by atoms with Crippen molar-refractivity contribution in [3.05, 3.63) is 5.69 Å². The Morgan fingerprint density at radius 3 is 2.27 bits per heavy atom. The number of hydrogen-bond acceptors (Lipinski definition) is 5. The Bertz CT molecular complexity index is 366. The number of nitrogens with two attached hydrogens (primary N) is 1. The van der Waals surface area contributed by atoms with Crippen LogP contribution in [0.4, 0.5) is 11.5 Å². The molecule has 1 aliphatic heterocycles. The molecule has 1 saturated heterocycles. The highest BCUT2D eigenvalue weighted by molar-refractivity contribution is 5.66. The van der Waals surface area contributed by atoms with E-state index < -0.39 is 12.2 Å². The highest BCUT2D eigenvalue weighted by Crippen LogP contribution is 2.28. The largest absolute Gasteiger partial charge is 0.394 e. The number of aliphatic hydroxyl groups excluding tert-OH is 2. The molecule has 0 saturated carbocycles. The Hall–Kier alpha value is -1.27. The van der Waals surface area contributed by atoms with Crippen LogP contribution >= 0.6 is 0 Å². The number of hydrogen-bond donors (Lipinski definition) is 3. The average molecular weight is 212 g/mol. The lowest BCUT2D eigenvalue weighted by Crippen LogP contribution is -2.24. The third kappa shape index (κ3) is 1.55. The van der Waals surface area contributed by atoms with Crippen molar-refractivity contribution in [3.8, 4) is 0 Å². The Morgan fingerprint density at radius 1 is 1.33 bits per heavy atom. The van der Waals surface area contributed by atoms with E-state index in [1.807, 2.05) is 11.8 Å². The summed E-state index contributed by atoms with van der Waals surface area (Å²) in [6.07, 6.45) is -1.42. The van der Waals surface area contributed by atoms with Crippen LogP contribution in [0.5, 0.6) is 0 Å². The van der Waals surface area contributed by atoms with E-state index in [9.17, 15) is 10.2 Å². The van der Waals surface area contributed by atoms with Crippen molar-refractivity contribution in [3.63, 3.8) is 0 Å². The number of nitrogens with zero attached hydrogens (tertiary/aromatic N) is 3. The fourth-order valence-corrected chi connectivity index (χ4v) is 1.98. The lowest BCUT2D eigenvalue weighted by Gasteiger charge is -2.18. The maximum atomic E-state index is 9.46. The first kappa shape index (κ1) is 10.3. The predicted molar refractivity (Wildman–Crippen MR) is 56.6 cm³/mol. The maximum absolute atomic E-state index is 9.46. The molecule has 6 heteroatoms. The molecule has 0 aliphatic carbocycles. The molecular formula is C9H16N4O2. The van der Waals surface area contributed by atoms with E-state index in [4.69, 9.17) is 5.73 Å². The molecular weight excluding hydrogens is 196 g/mol. The Labute approximate surface area is 87.9 Å². The molecule has 84 valence electrons. The van der Waals surface area contributed by atoms with Crippen LogP contribution in [0.3, 0.4) is 0 Å². The minimum atomic E-state index is -0.709. The number of aromatic nitrogens is 2. The first-order valence-corrected chi connectivity index (χ1v) is 4.91. The van der Waals surface area contributed by atoms with Gasteiger partial charge in [0.2, 0.25) is 0 Å². The van der Waals surface area contributed by atoms with Crippen LogP contribution < -0.4 is 10.6 Å². The molecule has 6 nitrogen and oxygen atoms in total. The average Bonchev–Trinajstić information content (AvgIpc) is 2.57. The summed E-state index contributed by atoms with van der Waals surface area (Å²) in [6, 6.07) is 0. The van der Waals surface area contributed by atoms with E-state index in [1.54, 1.807) is 11.7 Å². The Morgan fingerprint density at radius 2 is 1.87 bits per heavy atom. The fraction of sp³-hybridized carbons (Fsp3) is 0.667. The van der Waals surface area contributed by atoms with Gasteiger partial charge in [0, 0.05) is 20.1 Å². The van der Waals surface area contributed by atoms with Gasteiger partial charge in [-0.2, -0.15) is 5.10 Å². The van der Waals surface area contributed by atoms with Crippen LogP contribution in [0, 0.1) is 6.92 Å². The number of anilines is 2. The van der Waals surface area contributed by atoms with Crippen molar-refractivity contribution < 1.29 is 10.2 Å². The van der Waals surface area contributed by atoms with Crippen molar-refractivity contribution in [2.75, 3.05) is 23.7 Å². The molecule has 1 fully saturated rings. The van der Waals surface area contributed by atoms with Gasteiger partial charge in [0.1, 0.15) is 0 Å². The molecule has 2 rings (SSSR count). The molecule has 2 unspecified atom stereocenters. The number of aliphatic hydroxyl groups is 2. The summed E-state index contributed by atoms with van der Waals surface area (Å²) in [4.78, 5) is 1.85. The van der Waals surface area contributed by atoms with Gasteiger partial charge in [0.25, 0.3) is 0 Å². The summed E-state index contributed by atoms with van der Waals surface area (Å²) in [6.45, 7) is 2.62. The topological polar surface area (TPSA) is 87.5 Å². The minimum absolute atomic E-state index is 0.393. The van der Waals surface area contributed by atoms with Crippen LogP contribution in [-0.2, 0) is 7.05 Å². The number of β-amino-alcohol motifs (C(OH)–C–C–N with tert-alkyl or cyclic N) is 2. The van der Waals surface area contributed by atoms with Crippen molar-refractivity contribution in [2.24, 2.45) is 7.05 Å². The first-order chi connectivity index (χ1) is 7.00. The van der Waals surface area contributed by atoms with Crippen LogP contribution in [0.1, 0.15) is 5.69 Å². The summed E-state index contributed by atoms with van der Waals surface area (Å²) in [5.74, 6) is 0.767. The second-order valence-electron chi connectivity index (χ2n) is 3.99. The minimum Gasteiger partial charge on any atom is -0.394 e. The van der Waals surface area contributed by atoms with Gasteiger partial charge in [-0.15, -0.1) is 0 Å². The smallest absolute Gasteiger partial charge is 0.150 e. The monoisotopic (exact) mass is 212 g/mol. The number of rotatable bonds is 1. The lowest BCUT2D eigenvalue weighted by molar-refractivity contribution is 0.0572. The molecule has 0 aromatic carbocycles. The van der Waals surface area contributed by atoms with Crippen LogP contribution in [0.15, 0.2) is 0 Å². The van der Waals surface area contributed by atoms with Crippen molar-refractivity contribution >= 4 is 11.5 Å². The van der Waals surface area contributed by atoms with Crippen molar-refractivity contribution in [1.29, 1.82) is 0 Å². The molecule has 2 heterocycles. The SMILES string of the molecule is Cc1nn(C)c(N2CC(O)C(O)C2)c1N. The third-order valence-electron chi connectivity index (χ3n) is 2.80. The van der Waals surface area contributed by atoms with Crippen LogP contribution in [0.2, 0.25) is 0 Å². The summed E-state index contributed by atoms with van der Waals surface area (Å²) in [7, 11) is 1.80. The number of aryl methyl sites for hydroxylation is 2. The molecule has 15 heavy (non-hydrogen) atoms. The van der Waals surface area contributed by atoms with Crippen molar-refractivity contribution in [2.45, 2.75) is 19.1 Å². The van der Waals surface area contributed by atoms with E-state index in [0.717, 1.165) is 11.5 Å². The van der Waals surface area contributed by atoms with Gasteiger partial charge >= 0.3 is 0 Å². The second-order valence-corrected chi connectivity index (χ2v) is 3.99. The zero-order valence-electron chi connectivity index (χ0n) is 8.88. The molecule has 4 N–H and O–H groups in total. The molecule has 2 atom stereocenters. The summed E-state index contributed by atoms with van der Waals surface area (Å²) >= 11 is 0. The van der Waals surface area contributed by atoms with E-state index in [1.165, 1.54) is 0 Å². The summed E-state index contributed by atoms with van der Waals surface area (Å²) < 4.78 is 1.68. The molecule has 0 spiro atoms. The zero-order valence-corrected chi connectivity index (χ0v) is 8.88. The Balaban J connectivity index is 2.31. The highest BCUT2D eigenvalue weighted by Gasteiger charge is 2.32. The van der Waals surface area contributed by atoms with E-state index in [2.05, 4.69) is 5.10 Å². The van der Waals surface area contributed by atoms with Gasteiger partial charge < -0.3 is 20.8 Å². The van der Waals surface area contributed by atoms with Gasteiger partial charge in [-0.3, -0.25) is 4.68 Å². The molecule has 1 aromatic heterocycles. The lowest BCUT2D eigenvalue weighted by atomic mass is 10.3. The number of nitrogen functional groups attached to an aromatic ring is 1. The standard InChI is InChI=1S/C9H16N4O2/c1-5-8(10)9(12(2)11-5)13-3-6(14)7(15)4-13/h6-7,14-15H,3-4,10H2,1-2H3. The molecule has 0 bridgehead atoms. The van der Waals surface area contributed by atoms with Gasteiger partial charge in [0.05, 0.1) is 23.6 Å². The Kier molecular flexibility index (Phi) is 2.32. The molecule has 0 radical (unpaired) electrons. The van der Waals surface area contributed by atoms with Gasteiger partial charge in [0.15, 0.2) is 5.82 Å². The summed E-state index contributed by atoms with van der Waals surface area (Å²) in [5.41, 5.74) is 7.26. The maximum Gasteiger partial charge on any atom is 0.150 e. The highest BCUT2D eigenvalue weighted by atomic mass is 16.3. The summed E-state index contributed by atoms with van der Waals surface area (Å²) in [5, 5.41) is 23.1. The third-order valence-corrected chi connectivity index (χ3v) is 2.80. The van der Waals surface area contributed by atoms with E-state index in [0.29, 0.717) is 18.8 Å². The van der Waals surface area contributed by atoms with Crippen LogP contribution in [-0.4, -0.2) is 45.3 Å². The van der Waals surface area contributed by atoms with Crippen LogP contribution in [0.25, 0.3) is 0 Å². The van der Waals surface area contributed by atoms with Crippen molar-refractivity contribution in [1.82, 2.24) is 9.78 Å². The zero-order chi connectivity index (χ0) is 11.2. The second kappa shape index (κ2) is 3.39. The molecule has 1 aromatic rings. The van der Waals surface area contributed by atoms with Gasteiger partial charge in [-0.25, -0.2) is 0 Å². The quantitative estimate of drug-likeness (QED) is 0.547. The van der Waals surface area contributed by atoms with Gasteiger partial charge in [-0.1, -0.05) is 0 Å². The van der Waals surface area contributed by atoms with Gasteiger partial charge in [-0.05, 0) is 6.92 Å². The fourth-order valence-electron chi connectivity index (χ4n) is 1.98. The van der Waals surface area contributed by atoms with E-state index >= 15 is 0 Å². The predicted octanol–water partition coefficient (Wildman–Crippen LogP) is -1.15. The first-order valence-electron chi connectivity index (χ1n) is 4.91. The molecule has 0 amide bonds.